The molecule has 0 fully saturated rings. The number of carbonyl (C=O) groups excluding carboxylic acids is 2. The van der Waals surface area contributed by atoms with E-state index in [1.165, 1.54) is 64.2 Å². The average Bonchev–Trinajstić information content (AvgIpc) is 3.02. The molecule has 0 bridgehead atoms. The summed E-state index contributed by atoms with van der Waals surface area (Å²) in [6, 6.07) is 15.5. The zero-order chi connectivity index (χ0) is 32.5. The van der Waals surface area contributed by atoms with Crippen molar-refractivity contribution in [2.75, 3.05) is 63.0 Å². The van der Waals surface area contributed by atoms with Gasteiger partial charge in [0.1, 0.15) is 0 Å². The lowest BCUT2D eigenvalue weighted by Crippen LogP contribution is -2.37. The average molecular weight is 623 g/mol. The highest BCUT2D eigenvalue weighted by atomic mass is 16.2. The van der Waals surface area contributed by atoms with Crippen LogP contribution in [-0.2, 0) is 6.42 Å². The van der Waals surface area contributed by atoms with Crippen molar-refractivity contribution in [1.29, 1.82) is 0 Å². The van der Waals surface area contributed by atoms with Crippen LogP contribution in [-0.4, -0.2) is 74.2 Å². The summed E-state index contributed by atoms with van der Waals surface area (Å²) in [5.41, 5.74) is 3.72. The normalized spacial score (nSPS) is 11.2. The van der Waals surface area contributed by atoms with E-state index in [0.717, 1.165) is 61.8 Å². The minimum absolute atomic E-state index is 0.178. The fourth-order valence-electron chi connectivity index (χ4n) is 5.36. The summed E-state index contributed by atoms with van der Waals surface area (Å²) in [6.45, 7) is 16.3. The Morgan fingerprint density at radius 1 is 0.533 bits per heavy atom. The molecule has 8 heteroatoms. The number of benzene rings is 2. The van der Waals surface area contributed by atoms with E-state index in [4.69, 9.17) is 0 Å². The molecule has 0 saturated carbocycles. The summed E-state index contributed by atoms with van der Waals surface area (Å²) >= 11 is 0. The molecule has 0 radical (unpaired) electrons. The monoisotopic (exact) mass is 622 g/mol. The summed E-state index contributed by atoms with van der Waals surface area (Å²) in [5.74, 6) is 0. The lowest BCUT2D eigenvalue weighted by Gasteiger charge is -2.22. The summed E-state index contributed by atoms with van der Waals surface area (Å²) in [7, 11) is 0. The molecule has 0 spiro atoms. The van der Waals surface area contributed by atoms with E-state index in [1.807, 2.05) is 36.4 Å². The van der Waals surface area contributed by atoms with Crippen molar-refractivity contribution >= 4 is 23.4 Å². The van der Waals surface area contributed by atoms with Gasteiger partial charge in [0.05, 0.1) is 0 Å². The number of nitrogens with one attached hydrogen (secondary N) is 4. The van der Waals surface area contributed by atoms with Crippen molar-refractivity contribution in [2.45, 2.75) is 98.3 Å². The first-order chi connectivity index (χ1) is 22.0. The van der Waals surface area contributed by atoms with E-state index in [9.17, 15) is 9.59 Å². The SMILES string of the molecule is CCCCCN(CCCC)CCNC(=O)Nc1cccc(Cc2cccc(NC(=O)NCCN(CCCC)CCCCC)c2)c1. The van der Waals surface area contributed by atoms with Crippen LogP contribution in [0.25, 0.3) is 0 Å². The zero-order valence-corrected chi connectivity index (χ0v) is 28.8. The third-order valence-corrected chi connectivity index (χ3v) is 8.02. The van der Waals surface area contributed by atoms with Crippen LogP contribution in [0, 0.1) is 0 Å². The lowest BCUT2D eigenvalue weighted by molar-refractivity contribution is 0.242. The van der Waals surface area contributed by atoms with Gasteiger partial charge in [-0.25, -0.2) is 9.59 Å². The van der Waals surface area contributed by atoms with E-state index >= 15 is 0 Å². The fourth-order valence-corrected chi connectivity index (χ4v) is 5.36. The van der Waals surface area contributed by atoms with Gasteiger partial charge in [-0.3, -0.25) is 0 Å². The maximum absolute atomic E-state index is 12.6. The second-order valence-electron chi connectivity index (χ2n) is 12.1. The summed E-state index contributed by atoms with van der Waals surface area (Å²) < 4.78 is 0. The number of hydrogen-bond acceptors (Lipinski definition) is 4. The molecular formula is C37H62N6O2. The van der Waals surface area contributed by atoms with Crippen LogP contribution in [0.3, 0.4) is 0 Å². The Morgan fingerprint density at radius 2 is 0.933 bits per heavy atom. The van der Waals surface area contributed by atoms with Crippen LogP contribution in [0.4, 0.5) is 21.0 Å². The van der Waals surface area contributed by atoms with Gasteiger partial charge in [-0.2, -0.15) is 0 Å². The van der Waals surface area contributed by atoms with Crippen molar-refractivity contribution in [3.05, 3.63) is 59.7 Å². The van der Waals surface area contributed by atoms with Crippen LogP contribution in [0.5, 0.6) is 0 Å². The third kappa shape index (κ3) is 17.8. The van der Waals surface area contributed by atoms with Crippen LogP contribution in [0.15, 0.2) is 48.5 Å². The second kappa shape index (κ2) is 24.2. The Balaban J connectivity index is 1.81. The quantitative estimate of drug-likeness (QED) is 0.0891. The molecule has 0 atom stereocenters. The highest BCUT2D eigenvalue weighted by molar-refractivity contribution is 5.90. The van der Waals surface area contributed by atoms with Crippen molar-refractivity contribution in [1.82, 2.24) is 20.4 Å². The van der Waals surface area contributed by atoms with Crippen LogP contribution in [0.2, 0.25) is 0 Å². The first-order valence-electron chi connectivity index (χ1n) is 17.7. The van der Waals surface area contributed by atoms with Gasteiger partial charge in [0, 0.05) is 37.6 Å². The first-order valence-corrected chi connectivity index (χ1v) is 17.7. The van der Waals surface area contributed by atoms with Gasteiger partial charge in [0.15, 0.2) is 0 Å². The molecule has 4 N–H and O–H groups in total. The number of urea groups is 2. The van der Waals surface area contributed by atoms with Gasteiger partial charge in [-0.05, 0) is 93.7 Å². The van der Waals surface area contributed by atoms with Crippen molar-refractivity contribution in [3.63, 3.8) is 0 Å². The number of hydrogen-bond donors (Lipinski definition) is 4. The molecule has 0 saturated heterocycles. The van der Waals surface area contributed by atoms with Crippen LogP contribution in [0.1, 0.15) is 103 Å². The standard InChI is InChI=1S/C37H62N6O2/c1-5-9-13-25-42(23-11-7-3)27-21-38-36(44)40-34-19-15-17-32(30-34)29-33-18-16-20-35(31-33)41-37(45)39-22-28-43(24-12-8-4)26-14-10-6-2/h15-20,30-31H,5-14,21-29H2,1-4H3,(H2,38,40,44)(H2,39,41,45). The number of carbonyl (C=O) groups is 2. The van der Waals surface area contributed by atoms with Crippen LogP contribution < -0.4 is 21.3 Å². The maximum atomic E-state index is 12.6. The first kappa shape index (κ1) is 38.1. The van der Waals surface area contributed by atoms with E-state index < -0.39 is 0 Å². The molecule has 252 valence electrons. The molecule has 2 aromatic rings. The van der Waals surface area contributed by atoms with Crippen LogP contribution >= 0.6 is 0 Å². The molecule has 2 aromatic carbocycles. The fraction of sp³-hybridized carbons (Fsp3) is 0.622. The van der Waals surface area contributed by atoms with E-state index in [1.54, 1.807) is 0 Å². The smallest absolute Gasteiger partial charge is 0.319 e. The number of amides is 4. The molecular weight excluding hydrogens is 560 g/mol. The summed E-state index contributed by atoms with van der Waals surface area (Å²) in [4.78, 5) is 30.2. The molecule has 0 aliphatic heterocycles. The number of rotatable bonds is 24. The van der Waals surface area contributed by atoms with E-state index in [-0.39, 0.29) is 12.1 Å². The number of nitrogens with zero attached hydrogens (tertiary/aromatic N) is 2. The van der Waals surface area contributed by atoms with Gasteiger partial charge in [-0.1, -0.05) is 90.5 Å². The largest absolute Gasteiger partial charge is 0.337 e. The molecule has 45 heavy (non-hydrogen) atoms. The number of anilines is 2. The maximum Gasteiger partial charge on any atom is 0.319 e. The Hall–Kier alpha value is -3.10. The predicted octanol–water partition coefficient (Wildman–Crippen LogP) is 8.11. The van der Waals surface area contributed by atoms with Crippen molar-refractivity contribution in [2.24, 2.45) is 0 Å². The van der Waals surface area contributed by atoms with Gasteiger partial charge in [-0.15, -0.1) is 0 Å². The Labute approximate surface area is 274 Å². The second-order valence-corrected chi connectivity index (χ2v) is 12.1. The molecule has 0 aromatic heterocycles. The Bertz CT molecular complexity index is 995. The molecule has 0 heterocycles. The van der Waals surface area contributed by atoms with E-state index in [2.05, 4.69) is 70.9 Å². The zero-order valence-electron chi connectivity index (χ0n) is 28.8. The van der Waals surface area contributed by atoms with E-state index in [0.29, 0.717) is 19.5 Å². The highest BCUT2D eigenvalue weighted by Crippen LogP contribution is 2.18. The minimum atomic E-state index is -0.178. The molecule has 2 rings (SSSR count). The number of unbranched alkanes of at least 4 members (excludes halogenated alkanes) is 6. The molecule has 0 aliphatic rings. The molecule has 0 aliphatic carbocycles. The van der Waals surface area contributed by atoms with Gasteiger partial charge in [0.2, 0.25) is 0 Å². The molecule has 0 unspecified atom stereocenters. The van der Waals surface area contributed by atoms with Gasteiger partial charge >= 0.3 is 12.1 Å². The lowest BCUT2D eigenvalue weighted by atomic mass is 10.0. The van der Waals surface area contributed by atoms with Crippen molar-refractivity contribution in [3.8, 4) is 0 Å². The Kier molecular flexibility index (Phi) is 20.5. The predicted molar refractivity (Wildman–Crippen MR) is 191 cm³/mol. The third-order valence-electron chi connectivity index (χ3n) is 8.02. The van der Waals surface area contributed by atoms with Gasteiger partial charge < -0.3 is 31.1 Å². The molecule has 4 amide bonds. The minimum Gasteiger partial charge on any atom is -0.337 e. The summed E-state index contributed by atoms with van der Waals surface area (Å²) in [6.07, 6.45) is 12.8. The Morgan fingerprint density at radius 3 is 1.33 bits per heavy atom. The topological polar surface area (TPSA) is 88.7 Å². The van der Waals surface area contributed by atoms with Gasteiger partial charge in [0.25, 0.3) is 0 Å². The summed E-state index contributed by atoms with van der Waals surface area (Å²) in [5, 5.41) is 12.0. The highest BCUT2D eigenvalue weighted by Gasteiger charge is 2.09. The molecule has 8 nitrogen and oxygen atoms in total. The van der Waals surface area contributed by atoms with Crippen molar-refractivity contribution < 1.29 is 9.59 Å².